The highest BCUT2D eigenvalue weighted by Gasteiger charge is 2.11. The highest BCUT2D eigenvalue weighted by molar-refractivity contribution is 7.12. The second-order valence-electron chi connectivity index (χ2n) is 2.72. The van der Waals surface area contributed by atoms with Crippen LogP contribution in [0, 0.1) is 6.92 Å². The van der Waals surface area contributed by atoms with Gasteiger partial charge in [0.1, 0.15) is 6.33 Å². The summed E-state index contributed by atoms with van der Waals surface area (Å²) in [6.45, 7) is 1.89. The average molecular weight is 208 g/mol. The van der Waals surface area contributed by atoms with Crippen LogP contribution in [-0.2, 0) is 0 Å². The fraction of sp³-hybridized carbons (Fsp3) is 0.125. The second kappa shape index (κ2) is 3.59. The van der Waals surface area contributed by atoms with Gasteiger partial charge in [-0.15, -0.1) is 11.3 Å². The van der Waals surface area contributed by atoms with Crippen LogP contribution in [0.5, 0.6) is 0 Å². The van der Waals surface area contributed by atoms with E-state index in [1.165, 1.54) is 17.7 Å². The lowest BCUT2D eigenvalue weighted by Crippen LogP contribution is -2.12. The van der Waals surface area contributed by atoms with Crippen molar-refractivity contribution in [2.45, 2.75) is 6.92 Å². The van der Waals surface area contributed by atoms with Gasteiger partial charge >= 0.3 is 0 Å². The molecular formula is C8H8N4OS. The molecule has 2 aromatic heterocycles. The van der Waals surface area contributed by atoms with Gasteiger partial charge in [-0.2, -0.15) is 10.1 Å². The molecule has 0 aliphatic rings. The fourth-order valence-corrected chi connectivity index (χ4v) is 1.86. The van der Waals surface area contributed by atoms with Gasteiger partial charge in [0.25, 0.3) is 5.91 Å². The molecule has 0 saturated heterocycles. The molecule has 0 spiro atoms. The lowest BCUT2D eigenvalue weighted by Gasteiger charge is -1.98. The minimum Gasteiger partial charge on any atom is -0.290 e. The van der Waals surface area contributed by atoms with E-state index in [1.54, 1.807) is 0 Å². The Morgan fingerprint density at radius 3 is 3.07 bits per heavy atom. The maximum atomic E-state index is 11.6. The lowest BCUT2D eigenvalue weighted by molar-refractivity contribution is 0.102. The van der Waals surface area contributed by atoms with Crippen LogP contribution in [0.1, 0.15) is 15.2 Å². The van der Waals surface area contributed by atoms with Crippen LogP contribution in [-0.4, -0.2) is 21.1 Å². The zero-order valence-corrected chi connectivity index (χ0v) is 8.26. The largest absolute Gasteiger partial charge is 0.290 e. The first-order chi connectivity index (χ1) is 6.77. The van der Waals surface area contributed by atoms with Crippen LogP contribution in [0.3, 0.4) is 0 Å². The first-order valence-corrected chi connectivity index (χ1v) is 4.86. The monoisotopic (exact) mass is 208 g/mol. The first kappa shape index (κ1) is 8.89. The number of amides is 1. The maximum Gasteiger partial charge on any atom is 0.268 e. The van der Waals surface area contributed by atoms with Gasteiger partial charge in [-0.05, 0) is 23.9 Å². The number of aromatic amines is 1. The van der Waals surface area contributed by atoms with Crippen LogP contribution in [0.15, 0.2) is 17.8 Å². The molecule has 0 atom stereocenters. The summed E-state index contributed by atoms with van der Waals surface area (Å²) in [4.78, 5) is 16.1. The van der Waals surface area contributed by atoms with Gasteiger partial charge in [0.15, 0.2) is 0 Å². The number of carbonyl (C=O) groups is 1. The molecule has 0 aliphatic carbocycles. The van der Waals surface area contributed by atoms with Gasteiger partial charge in [0.05, 0.1) is 4.88 Å². The summed E-state index contributed by atoms with van der Waals surface area (Å²) in [5, 5.41) is 10.7. The van der Waals surface area contributed by atoms with Crippen LogP contribution >= 0.6 is 11.3 Å². The van der Waals surface area contributed by atoms with Crippen molar-refractivity contribution in [3.63, 3.8) is 0 Å². The van der Waals surface area contributed by atoms with Crippen molar-refractivity contribution in [1.29, 1.82) is 0 Å². The Balaban J connectivity index is 2.14. The number of hydrogen-bond acceptors (Lipinski definition) is 4. The van der Waals surface area contributed by atoms with E-state index in [0.29, 0.717) is 10.8 Å². The average Bonchev–Trinajstić information content (AvgIpc) is 2.75. The molecular weight excluding hydrogens is 200 g/mol. The Morgan fingerprint density at radius 2 is 2.50 bits per heavy atom. The first-order valence-electron chi connectivity index (χ1n) is 3.98. The normalized spacial score (nSPS) is 10.1. The van der Waals surface area contributed by atoms with E-state index >= 15 is 0 Å². The minimum atomic E-state index is -0.158. The topological polar surface area (TPSA) is 70.7 Å². The molecule has 6 heteroatoms. The van der Waals surface area contributed by atoms with E-state index in [9.17, 15) is 4.79 Å². The summed E-state index contributed by atoms with van der Waals surface area (Å²) in [5.41, 5.74) is 0.965. The third-order valence-corrected chi connectivity index (χ3v) is 2.73. The molecule has 72 valence electrons. The third-order valence-electron chi connectivity index (χ3n) is 1.72. The van der Waals surface area contributed by atoms with E-state index in [-0.39, 0.29) is 5.91 Å². The Morgan fingerprint density at radius 1 is 1.64 bits per heavy atom. The van der Waals surface area contributed by atoms with Crippen molar-refractivity contribution in [3.8, 4) is 0 Å². The lowest BCUT2D eigenvalue weighted by atomic mass is 10.3. The molecule has 2 aromatic rings. The van der Waals surface area contributed by atoms with Crippen molar-refractivity contribution in [2.24, 2.45) is 0 Å². The summed E-state index contributed by atoms with van der Waals surface area (Å²) < 4.78 is 0. The molecule has 0 fully saturated rings. The van der Waals surface area contributed by atoms with Crippen LogP contribution in [0.2, 0.25) is 0 Å². The number of hydrogen-bond donors (Lipinski definition) is 2. The molecule has 0 saturated carbocycles. The van der Waals surface area contributed by atoms with Crippen molar-refractivity contribution < 1.29 is 4.79 Å². The van der Waals surface area contributed by atoms with Crippen molar-refractivity contribution in [2.75, 3.05) is 5.32 Å². The summed E-state index contributed by atoms with van der Waals surface area (Å²) in [6.07, 6.45) is 1.34. The molecule has 2 heterocycles. The van der Waals surface area contributed by atoms with Crippen molar-refractivity contribution >= 4 is 23.2 Å². The standard InChI is InChI=1S/C8H8N4OS/c1-5-2-3-14-6(5)7(13)11-8-9-4-10-12-8/h2-4H,1H3,(H2,9,10,11,12,13). The van der Waals surface area contributed by atoms with E-state index in [1.807, 2.05) is 18.4 Å². The molecule has 0 unspecified atom stereocenters. The van der Waals surface area contributed by atoms with Gasteiger partial charge in [-0.3, -0.25) is 10.1 Å². The molecule has 0 radical (unpaired) electrons. The number of thiophene rings is 1. The van der Waals surface area contributed by atoms with Crippen LogP contribution in [0.4, 0.5) is 5.95 Å². The SMILES string of the molecule is Cc1ccsc1C(=O)Nc1ncn[nH]1. The summed E-state index contributed by atoms with van der Waals surface area (Å²) in [6, 6.07) is 1.90. The molecule has 5 nitrogen and oxygen atoms in total. The quantitative estimate of drug-likeness (QED) is 0.784. The number of nitrogens with zero attached hydrogens (tertiary/aromatic N) is 2. The molecule has 0 aliphatic heterocycles. The Kier molecular flexibility index (Phi) is 2.28. The molecule has 2 rings (SSSR count). The molecule has 2 N–H and O–H groups in total. The van der Waals surface area contributed by atoms with E-state index in [4.69, 9.17) is 0 Å². The predicted molar refractivity (Wildman–Crippen MR) is 53.4 cm³/mol. The highest BCUT2D eigenvalue weighted by atomic mass is 32.1. The molecule has 0 bridgehead atoms. The van der Waals surface area contributed by atoms with Gasteiger partial charge in [0.2, 0.25) is 5.95 Å². The van der Waals surface area contributed by atoms with Crippen LogP contribution in [0.25, 0.3) is 0 Å². The Bertz CT molecular complexity index is 434. The molecule has 14 heavy (non-hydrogen) atoms. The summed E-state index contributed by atoms with van der Waals surface area (Å²) >= 11 is 1.41. The third kappa shape index (κ3) is 1.64. The predicted octanol–water partition coefficient (Wildman–Crippen LogP) is 1.43. The van der Waals surface area contributed by atoms with Crippen molar-refractivity contribution in [1.82, 2.24) is 15.2 Å². The maximum absolute atomic E-state index is 11.6. The zero-order chi connectivity index (χ0) is 9.97. The highest BCUT2D eigenvalue weighted by Crippen LogP contribution is 2.16. The number of carbonyl (C=O) groups excluding carboxylic acids is 1. The Hall–Kier alpha value is -1.69. The Labute approximate surface area is 84.2 Å². The number of rotatable bonds is 2. The van der Waals surface area contributed by atoms with Gasteiger partial charge in [-0.25, -0.2) is 5.10 Å². The smallest absolute Gasteiger partial charge is 0.268 e. The van der Waals surface area contributed by atoms with Gasteiger partial charge in [-0.1, -0.05) is 0 Å². The van der Waals surface area contributed by atoms with Gasteiger partial charge in [0, 0.05) is 0 Å². The second-order valence-corrected chi connectivity index (χ2v) is 3.64. The summed E-state index contributed by atoms with van der Waals surface area (Å²) in [7, 11) is 0. The van der Waals surface area contributed by atoms with E-state index < -0.39 is 0 Å². The van der Waals surface area contributed by atoms with E-state index in [0.717, 1.165) is 5.56 Å². The van der Waals surface area contributed by atoms with Crippen molar-refractivity contribution in [3.05, 3.63) is 28.2 Å². The number of nitrogens with one attached hydrogen (secondary N) is 2. The van der Waals surface area contributed by atoms with E-state index in [2.05, 4.69) is 20.5 Å². The number of H-pyrrole nitrogens is 1. The van der Waals surface area contributed by atoms with Gasteiger partial charge < -0.3 is 0 Å². The number of aryl methyl sites for hydroxylation is 1. The minimum absolute atomic E-state index is 0.158. The fourth-order valence-electron chi connectivity index (χ4n) is 1.04. The number of anilines is 1. The number of aromatic nitrogens is 3. The molecule has 0 aromatic carbocycles. The van der Waals surface area contributed by atoms with Crippen LogP contribution < -0.4 is 5.32 Å². The molecule has 1 amide bonds. The zero-order valence-electron chi connectivity index (χ0n) is 7.44. The summed E-state index contributed by atoms with van der Waals surface area (Å²) in [5.74, 6) is 0.206.